The minimum atomic E-state index is -0.958. The number of amides is 4. The van der Waals surface area contributed by atoms with Gasteiger partial charge in [0.25, 0.3) is 5.91 Å². The smallest absolute Gasteiger partial charge is 0.251 e. The Morgan fingerprint density at radius 3 is 2.24 bits per heavy atom. The number of nitrogens with zero attached hydrogens (tertiary/aromatic N) is 3. The number of ether oxygens (including phenoxy) is 2. The van der Waals surface area contributed by atoms with Crippen molar-refractivity contribution in [2.45, 2.75) is 111 Å². The number of likely N-dealkylation sites (tertiary alicyclic amines) is 1. The van der Waals surface area contributed by atoms with Gasteiger partial charge in [-0.2, -0.15) is 10.5 Å². The van der Waals surface area contributed by atoms with Crippen LogP contribution in [0.3, 0.4) is 0 Å². The number of hydrogen-bond donors (Lipinski definition) is 5. The summed E-state index contributed by atoms with van der Waals surface area (Å²) in [4.78, 5) is 54.7. The Morgan fingerprint density at radius 2 is 1.62 bits per heavy atom. The van der Waals surface area contributed by atoms with Gasteiger partial charge < -0.3 is 40.7 Å². The highest BCUT2D eigenvalue weighted by Gasteiger charge is 2.64. The van der Waals surface area contributed by atoms with Gasteiger partial charge in [-0.05, 0) is 78.8 Å². The number of nitrogens with one attached hydrogen (secondary N) is 4. The van der Waals surface area contributed by atoms with Crippen molar-refractivity contribution in [1.82, 2.24) is 20.9 Å². The number of halogens is 1. The van der Waals surface area contributed by atoms with E-state index in [1.165, 1.54) is 4.90 Å². The second-order valence-corrected chi connectivity index (χ2v) is 19.1. The van der Waals surface area contributed by atoms with Gasteiger partial charge in [0, 0.05) is 66.9 Å². The number of β-amino-alcohol motifs (C(OH)–C–C–N with tert-alkyl or cyclic N) is 1. The number of nitriles is 2. The third-order valence-electron chi connectivity index (χ3n) is 11.9. The first-order chi connectivity index (χ1) is 29.8. The molecule has 0 aromatic heterocycles. The predicted molar refractivity (Wildman–Crippen MR) is 240 cm³/mol. The van der Waals surface area contributed by atoms with Crippen LogP contribution < -0.4 is 26.0 Å². The zero-order valence-corrected chi connectivity index (χ0v) is 38.0. The zero-order valence-electron chi connectivity index (χ0n) is 37.2. The molecule has 15 heteroatoms. The van der Waals surface area contributed by atoms with Gasteiger partial charge in [-0.25, -0.2) is 0 Å². The maximum absolute atomic E-state index is 13.8. The maximum atomic E-state index is 13.8. The summed E-state index contributed by atoms with van der Waals surface area (Å²) in [7, 11) is 0. The molecule has 1 aliphatic carbocycles. The van der Waals surface area contributed by atoms with E-state index >= 15 is 0 Å². The second kappa shape index (κ2) is 20.7. The van der Waals surface area contributed by atoms with Crippen LogP contribution in [-0.4, -0.2) is 90.3 Å². The van der Waals surface area contributed by atoms with Crippen molar-refractivity contribution in [2.75, 3.05) is 31.6 Å². The molecule has 14 nitrogen and oxygen atoms in total. The topological polar surface area (TPSA) is 206 Å². The molecule has 3 atom stereocenters. The molecule has 336 valence electrons. The highest BCUT2D eigenvalue weighted by atomic mass is 35.5. The number of aliphatic hydroxyl groups excluding tert-OH is 1. The molecule has 63 heavy (non-hydrogen) atoms. The van der Waals surface area contributed by atoms with Crippen LogP contribution in [0.15, 0.2) is 66.7 Å². The van der Waals surface area contributed by atoms with Gasteiger partial charge >= 0.3 is 0 Å². The van der Waals surface area contributed by atoms with E-state index in [0.717, 1.165) is 30.5 Å². The third-order valence-corrected chi connectivity index (χ3v) is 12.3. The Labute approximate surface area is 375 Å². The molecule has 2 fully saturated rings. The molecule has 5 rings (SSSR count). The van der Waals surface area contributed by atoms with Gasteiger partial charge in [0.05, 0.1) is 28.3 Å². The van der Waals surface area contributed by atoms with Crippen molar-refractivity contribution < 1.29 is 33.8 Å². The third kappa shape index (κ3) is 12.1. The first kappa shape index (κ1) is 48.4. The molecule has 0 radical (unpaired) electrons. The Hall–Kier alpha value is -5.67. The Balaban J connectivity index is 0.991. The number of unbranched alkanes of at least 4 members (excludes halogenated alkanes) is 2. The number of rotatable bonds is 18. The molecule has 1 heterocycles. The standard InChI is InChI=1S/C48H60ClN7O7/c1-46(2,3)40(43(61)56-28-35(57)23-38(56)42(60)53-27-31-13-11-30(25-50)12-14-31)54-39(58)29-62-22-10-8-9-21-52-34-18-15-32(16-19-34)41(59)55-44-47(4,5)45(48(44,6)7)63-36-20-17-33(26-51)37(49)24-36/h11-20,24,35,38,40,44-45,52,57H,8-10,21-23,27-29H2,1-7H3,(H,53,60)(H,54,58)(H,55,59)/t35-,38+,40-,44-,45-/m1/s1. The van der Waals surface area contributed by atoms with Crippen molar-refractivity contribution in [2.24, 2.45) is 16.2 Å². The van der Waals surface area contributed by atoms with Crippen LogP contribution in [0.2, 0.25) is 5.02 Å². The number of benzene rings is 3. The molecule has 2 aliphatic rings. The molecule has 1 aliphatic heterocycles. The quantitative estimate of drug-likeness (QED) is 0.0928. The summed E-state index contributed by atoms with van der Waals surface area (Å²) in [5, 5.41) is 41.2. The van der Waals surface area contributed by atoms with E-state index < -0.39 is 41.3 Å². The van der Waals surface area contributed by atoms with E-state index in [2.05, 4.69) is 61.1 Å². The number of anilines is 1. The summed E-state index contributed by atoms with van der Waals surface area (Å²) in [5.74, 6) is -0.904. The minimum absolute atomic E-state index is 0.0278. The summed E-state index contributed by atoms with van der Waals surface area (Å²) in [5.41, 5.74) is 1.66. The lowest BCUT2D eigenvalue weighted by Gasteiger charge is -2.63. The molecule has 5 N–H and O–H groups in total. The lowest BCUT2D eigenvalue weighted by Crippen LogP contribution is -2.74. The van der Waals surface area contributed by atoms with Crippen LogP contribution in [0.1, 0.15) is 101 Å². The molecule has 0 unspecified atom stereocenters. The summed E-state index contributed by atoms with van der Waals surface area (Å²) < 4.78 is 12.0. The van der Waals surface area contributed by atoms with Crippen LogP contribution in [0.4, 0.5) is 5.69 Å². The highest BCUT2D eigenvalue weighted by Crippen LogP contribution is 2.55. The summed E-state index contributed by atoms with van der Waals surface area (Å²) in [6.45, 7) is 14.7. The van der Waals surface area contributed by atoms with Gasteiger partial charge in [-0.1, -0.05) is 72.2 Å². The Bertz CT molecular complexity index is 2180. The monoisotopic (exact) mass is 881 g/mol. The predicted octanol–water partition coefficient (Wildman–Crippen LogP) is 6.10. The zero-order chi connectivity index (χ0) is 46.1. The van der Waals surface area contributed by atoms with E-state index in [1.807, 2.05) is 32.9 Å². The average molecular weight is 883 g/mol. The molecule has 1 saturated heterocycles. The normalized spacial score (nSPS) is 20.3. The van der Waals surface area contributed by atoms with Crippen LogP contribution in [0.5, 0.6) is 5.75 Å². The van der Waals surface area contributed by atoms with E-state index in [0.29, 0.717) is 40.6 Å². The van der Waals surface area contributed by atoms with Gasteiger partial charge in [-0.3, -0.25) is 19.2 Å². The Kier molecular flexibility index (Phi) is 15.9. The van der Waals surface area contributed by atoms with Crippen molar-refractivity contribution in [3.05, 3.63) is 94.0 Å². The lowest BCUT2D eigenvalue weighted by atomic mass is 9.49. The van der Waals surface area contributed by atoms with Crippen LogP contribution >= 0.6 is 11.6 Å². The van der Waals surface area contributed by atoms with Crippen molar-refractivity contribution in [3.8, 4) is 17.9 Å². The fourth-order valence-electron chi connectivity index (χ4n) is 8.78. The van der Waals surface area contributed by atoms with Crippen molar-refractivity contribution in [3.63, 3.8) is 0 Å². The van der Waals surface area contributed by atoms with Gasteiger partial charge in [0.1, 0.15) is 36.6 Å². The van der Waals surface area contributed by atoms with Gasteiger partial charge in [-0.15, -0.1) is 0 Å². The highest BCUT2D eigenvalue weighted by molar-refractivity contribution is 6.31. The number of aliphatic hydroxyl groups is 1. The largest absolute Gasteiger partial charge is 0.489 e. The van der Waals surface area contributed by atoms with E-state index in [9.17, 15) is 29.5 Å². The first-order valence-electron chi connectivity index (χ1n) is 21.4. The van der Waals surface area contributed by atoms with E-state index in [4.69, 9.17) is 26.3 Å². The molecule has 3 aromatic rings. The van der Waals surface area contributed by atoms with Gasteiger partial charge in [0.15, 0.2) is 0 Å². The fourth-order valence-corrected chi connectivity index (χ4v) is 8.99. The molecule has 1 saturated carbocycles. The number of carbonyl (C=O) groups is 4. The van der Waals surface area contributed by atoms with E-state index in [-0.39, 0.29) is 55.0 Å². The molecular weight excluding hydrogens is 822 g/mol. The van der Waals surface area contributed by atoms with E-state index in [1.54, 1.807) is 54.6 Å². The SMILES string of the molecule is CC(C)(C)[C@H](NC(=O)COCCCCCNc1ccc(C(=O)N[C@H]2C(C)(C)[C@H](Oc3ccc(C#N)c(Cl)c3)C2(C)C)cc1)C(=O)N1C[C@H](O)C[C@H]1C(=O)NCc1ccc(C#N)cc1. The fraction of sp³-hybridized carbons (Fsp3) is 0.500. The van der Waals surface area contributed by atoms with Gasteiger partial charge in [0.2, 0.25) is 17.7 Å². The van der Waals surface area contributed by atoms with Crippen molar-refractivity contribution in [1.29, 1.82) is 10.5 Å². The van der Waals surface area contributed by atoms with Crippen LogP contribution in [0, 0.1) is 38.9 Å². The molecule has 3 aromatic carbocycles. The van der Waals surface area contributed by atoms with Crippen molar-refractivity contribution >= 4 is 40.9 Å². The minimum Gasteiger partial charge on any atom is -0.489 e. The second-order valence-electron chi connectivity index (χ2n) is 18.7. The Morgan fingerprint density at radius 1 is 0.937 bits per heavy atom. The summed E-state index contributed by atoms with van der Waals surface area (Å²) in [6.07, 6.45) is 1.42. The summed E-state index contributed by atoms with van der Waals surface area (Å²) in [6, 6.07) is 21.3. The molecule has 4 amide bonds. The summed E-state index contributed by atoms with van der Waals surface area (Å²) >= 11 is 6.23. The molecular formula is C48H60ClN7O7. The number of carbonyl (C=O) groups excluding carboxylic acids is 4. The maximum Gasteiger partial charge on any atom is 0.251 e. The first-order valence-corrected chi connectivity index (χ1v) is 21.8. The average Bonchev–Trinajstić information content (AvgIpc) is 3.65. The molecule has 0 spiro atoms. The van der Waals surface area contributed by atoms with Crippen LogP contribution in [0.25, 0.3) is 0 Å². The van der Waals surface area contributed by atoms with Crippen LogP contribution in [-0.2, 0) is 25.7 Å². The number of hydrogen-bond acceptors (Lipinski definition) is 10. The lowest BCUT2D eigenvalue weighted by molar-refractivity contribution is -0.164. The molecule has 0 bridgehead atoms.